The van der Waals surface area contributed by atoms with Gasteiger partial charge >= 0.3 is 16.4 Å². The fourth-order valence-corrected chi connectivity index (χ4v) is 0.671. The van der Waals surface area contributed by atoms with E-state index in [2.05, 4.69) is 36.4 Å². The monoisotopic (exact) mass is 299 g/mol. The molecule has 0 saturated carbocycles. The normalized spacial score (nSPS) is 9.84. The Labute approximate surface area is 115 Å². The number of rotatable bonds is 5. The lowest BCUT2D eigenvalue weighted by atomic mass is 10.4. The van der Waals surface area contributed by atoms with Crippen molar-refractivity contribution < 1.29 is 27.1 Å². The van der Waals surface area contributed by atoms with Gasteiger partial charge in [0, 0.05) is 5.57 Å². The molecule has 2 N–H and O–H groups in total. The molecule has 0 unspecified atom stereocenters. The Bertz CT molecular complexity index is 318. The Morgan fingerprint density at radius 3 is 1.42 bits per heavy atom. The predicted molar refractivity (Wildman–Crippen MR) is 74.5 cm³/mol. The van der Waals surface area contributed by atoms with Crippen molar-refractivity contribution in [2.75, 3.05) is 26.7 Å². The zero-order valence-electron chi connectivity index (χ0n) is 12.2. The molecule has 0 amide bonds. The maximum Gasteiger partial charge on any atom is 0.397 e. The topological polar surface area (TPSA) is 104 Å². The number of hydrogen-bond donors (Lipinski definition) is 2. The van der Waals surface area contributed by atoms with Crippen LogP contribution in [0.5, 0.6) is 0 Å². The molecule has 0 aromatic heterocycles. The summed E-state index contributed by atoms with van der Waals surface area (Å²) in [5.41, 5.74) is 0.176. The summed E-state index contributed by atoms with van der Waals surface area (Å²) < 4.78 is 29.7. The van der Waals surface area contributed by atoms with Crippen molar-refractivity contribution >= 4 is 16.4 Å². The van der Waals surface area contributed by atoms with Gasteiger partial charge in [-0.3, -0.25) is 8.74 Å². The van der Waals surface area contributed by atoms with Crippen LogP contribution >= 0.6 is 0 Å². The van der Waals surface area contributed by atoms with E-state index in [0.717, 1.165) is 7.11 Å². The molecule has 0 rings (SSSR count). The summed E-state index contributed by atoms with van der Waals surface area (Å²) in [5.74, 6) is -0.935. The van der Waals surface area contributed by atoms with Gasteiger partial charge in [-0.25, -0.2) is 4.79 Å². The van der Waals surface area contributed by atoms with Crippen LogP contribution in [-0.4, -0.2) is 55.7 Å². The number of carboxylic acid groups (broad SMARTS) is 1. The highest BCUT2D eigenvalue weighted by atomic mass is 32.3. The molecule has 0 aromatic carbocycles. The Balaban J connectivity index is -0.000000203. The molecule has 0 aliphatic rings. The van der Waals surface area contributed by atoms with E-state index in [1.807, 2.05) is 0 Å². The molecule has 0 spiro atoms. The Morgan fingerprint density at radius 1 is 1.21 bits per heavy atom. The maximum atomic E-state index is 9.60. The Kier molecular flexibility index (Phi) is 16.4. The van der Waals surface area contributed by atoms with E-state index in [1.165, 1.54) is 26.6 Å². The van der Waals surface area contributed by atoms with Crippen molar-refractivity contribution in [3.05, 3.63) is 12.2 Å². The molecule has 0 aliphatic heterocycles. The summed E-state index contributed by atoms with van der Waals surface area (Å²) in [7, 11) is -3.29. The van der Waals surface area contributed by atoms with Crippen LogP contribution in [0, 0.1) is 0 Å². The highest BCUT2D eigenvalue weighted by Crippen LogP contribution is 1.82. The number of carbonyl (C=O) groups is 1. The van der Waals surface area contributed by atoms with E-state index in [-0.39, 0.29) is 5.57 Å². The highest BCUT2D eigenvalue weighted by molar-refractivity contribution is 7.80. The number of nitrogens with zero attached hydrogens (tertiary/aromatic N) is 1. The van der Waals surface area contributed by atoms with Gasteiger partial charge in [-0.15, -0.1) is 0 Å². The van der Waals surface area contributed by atoms with Gasteiger partial charge in [-0.2, -0.15) is 8.42 Å². The molecule has 0 heterocycles. The first-order valence-electron chi connectivity index (χ1n) is 5.69. The van der Waals surface area contributed by atoms with E-state index < -0.39 is 16.4 Å². The van der Waals surface area contributed by atoms with Gasteiger partial charge in [0.2, 0.25) is 0 Å². The van der Waals surface area contributed by atoms with Crippen molar-refractivity contribution in [3.63, 3.8) is 0 Å². The van der Waals surface area contributed by atoms with Gasteiger partial charge in [-0.05, 0) is 26.6 Å². The minimum absolute atomic E-state index is 0.176. The molecule has 0 radical (unpaired) electrons. The minimum atomic E-state index is -4.16. The van der Waals surface area contributed by atoms with Gasteiger partial charge in [0.15, 0.2) is 0 Å². The molecule has 0 bridgehead atoms. The summed E-state index contributed by atoms with van der Waals surface area (Å²) in [4.78, 5) is 12.0. The number of hydrogen-bond acceptors (Lipinski definition) is 5. The molecule has 0 aromatic rings. The first-order valence-corrected chi connectivity index (χ1v) is 7.06. The van der Waals surface area contributed by atoms with Crippen LogP contribution in [0.25, 0.3) is 0 Å². The van der Waals surface area contributed by atoms with Crippen molar-refractivity contribution in [1.29, 1.82) is 0 Å². The largest absolute Gasteiger partial charge is 0.478 e. The number of carboxylic acids is 1. The van der Waals surface area contributed by atoms with E-state index in [1.54, 1.807) is 0 Å². The maximum absolute atomic E-state index is 9.60. The van der Waals surface area contributed by atoms with Crippen molar-refractivity contribution in [2.24, 2.45) is 0 Å². The molecule has 19 heavy (non-hydrogen) atoms. The third-order valence-electron chi connectivity index (χ3n) is 1.92. The van der Waals surface area contributed by atoms with E-state index >= 15 is 0 Å². The van der Waals surface area contributed by atoms with Crippen LogP contribution in [0.3, 0.4) is 0 Å². The zero-order valence-corrected chi connectivity index (χ0v) is 13.0. The standard InChI is InChI=1S/C6H15N.C4H6O2.CH4O4S/c1-4-7(5-2)6-3;1-3(2)4(5)6;1-5-6(2,3)4/h4-6H2,1-3H3;1H2,2H3,(H,5,6);1H3,(H,2,3,4). The number of aliphatic carboxylic acids is 1. The van der Waals surface area contributed by atoms with Gasteiger partial charge in [0.05, 0.1) is 7.11 Å². The van der Waals surface area contributed by atoms with Crippen molar-refractivity contribution in [3.8, 4) is 0 Å². The molecule has 0 aliphatic carbocycles. The third kappa shape index (κ3) is 26.6. The van der Waals surface area contributed by atoms with Gasteiger partial charge < -0.3 is 10.0 Å². The summed E-state index contributed by atoms with van der Waals surface area (Å²) >= 11 is 0. The van der Waals surface area contributed by atoms with Crippen LogP contribution in [-0.2, 0) is 19.4 Å². The second-order valence-corrected chi connectivity index (χ2v) is 4.49. The SMILES string of the molecule is C=C(C)C(=O)O.CCN(CC)CC.COS(=O)(=O)O. The van der Waals surface area contributed by atoms with E-state index in [9.17, 15) is 13.2 Å². The Hall–Kier alpha value is -0.960. The predicted octanol–water partition coefficient (Wildman–Crippen LogP) is 1.43. The molecule has 0 fully saturated rings. The van der Waals surface area contributed by atoms with Crippen molar-refractivity contribution in [1.82, 2.24) is 4.90 Å². The summed E-state index contributed by atoms with van der Waals surface area (Å²) in [6.45, 7) is 14.7. The second kappa shape index (κ2) is 13.5. The molecular weight excluding hydrogens is 274 g/mol. The lowest BCUT2D eigenvalue weighted by Crippen LogP contribution is -2.21. The summed E-state index contributed by atoms with van der Waals surface area (Å²) in [5, 5.41) is 7.89. The molecule has 0 atom stereocenters. The van der Waals surface area contributed by atoms with Gasteiger partial charge in [0.25, 0.3) is 0 Å². The fraction of sp³-hybridized carbons (Fsp3) is 0.727. The molecule has 0 saturated heterocycles. The van der Waals surface area contributed by atoms with Crippen LogP contribution in [0.1, 0.15) is 27.7 Å². The smallest absolute Gasteiger partial charge is 0.397 e. The van der Waals surface area contributed by atoms with Crippen LogP contribution < -0.4 is 0 Å². The first kappa shape index (κ1) is 23.2. The van der Waals surface area contributed by atoms with Gasteiger partial charge in [-0.1, -0.05) is 27.4 Å². The summed E-state index contributed by atoms with van der Waals surface area (Å²) in [6, 6.07) is 0. The lowest BCUT2D eigenvalue weighted by Gasteiger charge is -2.13. The van der Waals surface area contributed by atoms with E-state index in [4.69, 9.17) is 9.66 Å². The second-order valence-electron chi connectivity index (χ2n) is 3.30. The average molecular weight is 299 g/mol. The quantitative estimate of drug-likeness (QED) is 0.584. The average Bonchev–Trinajstić information content (AvgIpc) is 2.32. The zero-order chi connectivity index (χ0) is 16.1. The minimum Gasteiger partial charge on any atom is -0.478 e. The highest BCUT2D eigenvalue weighted by Gasteiger charge is 1.94. The first-order chi connectivity index (χ1) is 8.55. The van der Waals surface area contributed by atoms with Crippen LogP contribution in [0.15, 0.2) is 12.2 Å². The molecule has 7 nitrogen and oxygen atoms in total. The molecular formula is C11H25NO6S. The van der Waals surface area contributed by atoms with Crippen LogP contribution in [0.2, 0.25) is 0 Å². The fourth-order valence-electron chi connectivity index (χ4n) is 0.671. The lowest BCUT2D eigenvalue weighted by molar-refractivity contribution is -0.132. The van der Waals surface area contributed by atoms with Gasteiger partial charge in [0.1, 0.15) is 0 Å². The van der Waals surface area contributed by atoms with Crippen molar-refractivity contribution in [2.45, 2.75) is 27.7 Å². The van der Waals surface area contributed by atoms with E-state index in [0.29, 0.717) is 0 Å². The van der Waals surface area contributed by atoms with Crippen LogP contribution in [0.4, 0.5) is 0 Å². The molecule has 116 valence electrons. The third-order valence-corrected chi connectivity index (χ3v) is 2.34. The molecule has 8 heteroatoms. The Morgan fingerprint density at radius 2 is 1.42 bits per heavy atom. The summed E-state index contributed by atoms with van der Waals surface area (Å²) in [6.07, 6.45) is 0.